The van der Waals surface area contributed by atoms with E-state index in [1.807, 2.05) is 37.3 Å². The second-order valence-electron chi connectivity index (χ2n) is 7.24. The van der Waals surface area contributed by atoms with Crippen LogP contribution < -0.4 is 9.47 Å². The van der Waals surface area contributed by atoms with Crippen molar-refractivity contribution >= 4 is 0 Å². The first-order valence-corrected chi connectivity index (χ1v) is 9.52. The monoisotopic (exact) mass is 398 g/mol. The van der Waals surface area contributed by atoms with Gasteiger partial charge in [-0.15, -0.1) is 0 Å². The third-order valence-corrected chi connectivity index (χ3v) is 4.79. The van der Waals surface area contributed by atoms with Crippen LogP contribution in [-0.2, 0) is 13.2 Å². The van der Waals surface area contributed by atoms with E-state index in [9.17, 15) is 9.50 Å². The van der Waals surface area contributed by atoms with Crippen molar-refractivity contribution in [3.63, 3.8) is 0 Å². The van der Waals surface area contributed by atoms with Crippen LogP contribution in [0.15, 0.2) is 59.1 Å². The number of β-amino-alcohol motifs (C(OH)–C–C–N with tert-alkyl or cyclic N) is 1. The molecule has 1 aromatic heterocycles. The number of aliphatic hydroxyl groups is 1. The number of halogens is 1. The third-order valence-electron chi connectivity index (χ3n) is 4.79. The number of hydrogen-bond acceptors (Lipinski definition) is 6. The molecule has 0 aliphatic carbocycles. The maximum Gasteiger partial charge on any atom is 0.138 e. The van der Waals surface area contributed by atoms with Gasteiger partial charge in [0.25, 0.3) is 0 Å². The summed E-state index contributed by atoms with van der Waals surface area (Å²) in [5.41, 5.74) is 1.86. The van der Waals surface area contributed by atoms with E-state index in [0.717, 1.165) is 22.8 Å². The summed E-state index contributed by atoms with van der Waals surface area (Å²) in [4.78, 5) is 2.11. The summed E-state index contributed by atoms with van der Waals surface area (Å²) in [5.74, 6) is 1.59. The Balaban J connectivity index is 1.29. The Bertz CT molecular complexity index is 944. The molecule has 0 saturated carbocycles. The molecule has 29 heavy (non-hydrogen) atoms. The maximum absolute atomic E-state index is 13.3. The fourth-order valence-electron chi connectivity index (χ4n) is 3.39. The van der Waals surface area contributed by atoms with E-state index in [2.05, 4.69) is 10.1 Å². The van der Waals surface area contributed by atoms with E-state index in [1.165, 1.54) is 12.1 Å². The first-order chi connectivity index (χ1) is 14.0. The van der Waals surface area contributed by atoms with Gasteiger partial charge in [-0.3, -0.25) is 4.90 Å². The van der Waals surface area contributed by atoms with Crippen LogP contribution in [0, 0.1) is 12.7 Å². The van der Waals surface area contributed by atoms with E-state index in [1.54, 1.807) is 12.1 Å². The van der Waals surface area contributed by atoms with Gasteiger partial charge in [-0.05, 0) is 36.8 Å². The lowest BCUT2D eigenvalue weighted by molar-refractivity contribution is 0.0734. The summed E-state index contributed by atoms with van der Waals surface area (Å²) in [5, 5.41) is 14.2. The van der Waals surface area contributed by atoms with Crippen LogP contribution in [0.4, 0.5) is 4.39 Å². The predicted octanol–water partition coefficient (Wildman–Crippen LogP) is 3.33. The number of aryl methyl sites for hydroxylation is 1. The highest BCUT2D eigenvalue weighted by atomic mass is 19.1. The number of ether oxygens (including phenoxy) is 2. The van der Waals surface area contributed by atoms with Crippen LogP contribution in [-0.4, -0.2) is 40.5 Å². The molecule has 2 atom stereocenters. The minimum Gasteiger partial charge on any atom is -0.487 e. The van der Waals surface area contributed by atoms with Crippen molar-refractivity contribution in [2.75, 3.05) is 13.1 Å². The van der Waals surface area contributed by atoms with Gasteiger partial charge in [-0.25, -0.2) is 4.39 Å². The highest BCUT2D eigenvalue weighted by Gasteiger charge is 2.33. The van der Waals surface area contributed by atoms with Crippen molar-refractivity contribution in [2.45, 2.75) is 32.3 Å². The topological polar surface area (TPSA) is 68.0 Å². The molecular formula is C22H23FN2O4. The highest BCUT2D eigenvalue weighted by Crippen LogP contribution is 2.22. The van der Waals surface area contributed by atoms with E-state index in [0.29, 0.717) is 32.0 Å². The third kappa shape index (κ3) is 5.13. The maximum atomic E-state index is 13.3. The van der Waals surface area contributed by atoms with Gasteiger partial charge in [0, 0.05) is 31.8 Å². The fourth-order valence-corrected chi connectivity index (χ4v) is 3.39. The minimum absolute atomic E-state index is 0.354. The van der Waals surface area contributed by atoms with Gasteiger partial charge in [0.2, 0.25) is 0 Å². The van der Waals surface area contributed by atoms with Gasteiger partial charge in [0.1, 0.15) is 47.6 Å². The molecule has 152 valence electrons. The van der Waals surface area contributed by atoms with Crippen molar-refractivity contribution < 1.29 is 23.5 Å². The summed E-state index contributed by atoms with van der Waals surface area (Å²) >= 11 is 0. The molecule has 3 aromatic rings. The Labute approximate surface area is 168 Å². The first-order valence-electron chi connectivity index (χ1n) is 9.52. The molecule has 0 spiro atoms. The molecule has 1 aliphatic rings. The quantitative estimate of drug-likeness (QED) is 0.659. The van der Waals surface area contributed by atoms with Gasteiger partial charge in [0.15, 0.2) is 0 Å². The highest BCUT2D eigenvalue weighted by molar-refractivity contribution is 5.28. The van der Waals surface area contributed by atoms with Crippen LogP contribution in [0.3, 0.4) is 0 Å². The lowest BCUT2D eigenvalue weighted by atomic mass is 10.2. The number of aliphatic hydroxyl groups excluding tert-OH is 1. The van der Waals surface area contributed by atoms with Crippen LogP contribution in [0.1, 0.15) is 17.0 Å². The van der Waals surface area contributed by atoms with Gasteiger partial charge in [-0.2, -0.15) is 0 Å². The molecular weight excluding hydrogens is 375 g/mol. The second-order valence-corrected chi connectivity index (χ2v) is 7.24. The van der Waals surface area contributed by atoms with Gasteiger partial charge in [0.05, 0.1) is 0 Å². The zero-order chi connectivity index (χ0) is 20.2. The molecule has 2 aromatic carbocycles. The van der Waals surface area contributed by atoms with Crippen molar-refractivity contribution in [1.29, 1.82) is 0 Å². The Hall–Kier alpha value is -2.90. The van der Waals surface area contributed by atoms with Crippen LogP contribution in [0.25, 0.3) is 0 Å². The number of likely N-dealkylation sites (tertiary alicyclic amines) is 1. The molecule has 7 heteroatoms. The predicted molar refractivity (Wildman–Crippen MR) is 104 cm³/mol. The average molecular weight is 398 g/mol. The average Bonchev–Trinajstić information content (AvgIpc) is 3.26. The van der Waals surface area contributed by atoms with Gasteiger partial charge >= 0.3 is 0 Å². The molecule has 0 amide bonds. The molecule has 0 radical (unpaired) electrons. The molecule has 1 aliphatic heterocycles. The molecule has 2 heterocycles. The smallest absolute Gasteiger partial charge is 0.138 e. The van der Waals surface area contributed by atoms with Crippen molar-refractivity contribution in [3.8, 4) is 11.5 Å². The number of nitrogens with zero attached hydrogens (tertiary/aromatic N) is 2. The molecule has 1 fully saturated rings. The number of hydrogen-bond donors (Lipinski definition) is 1. The molecule has 0 bridgehead atoms. The van der Waals surface area contributed by atoms with E-state index >= 15 is 0 Å². The SMILES string of the molecule is Cc1cc(COc2ccc(CN3C[C@@H](O)[C@H](Oc4cccc(F)c4)C3)cc2)no1. The summed E-state index contributed by atoms with van der Waals surface area (Å²) in [6, 6.07) is 15.6. The lowest BCUT2D eigenvalue weighted by Crippen LogP contribution is -2.29. The number of rotatable bonds is 7. The van der Waals surface area contributed by atoms with Gasteiger partial charge in [-0.1, -0.05) is 23.4 Å². The summed E-state index contributed by atoms with van der Waals surface area (Å²) in [6.07, 6.45) is -1.00. The Morgan fingerprint density at radius 3 is 2.69 bits per heavy atom. The molecule has 0 unspecified atom stereocenters. The molecule has 1 saturated heterocycles. The number of benzene rings is 2. The van der Waals surface area contributed by atoms with Crippen molar-refractivity contribution in [3.05, 3.63) is 77.4 Å². The van der Waals surface area contributed by atoms with Crippen molar-refractivity contribution in [1.82, 2.24) is 10.1 Å². The van der Waals surface area contributed by atoms with Crippen LogP contribution in [0.5, 0.6) is 11.5 Å². The van der Waals surface area contributed by atoms with Crippen LogP contribution >= 0.6 is 0 Å². The minimum atomic E-state index is -0.619. The van der Waals surface area contributed by atoms with E-state index in [4.69, 9.17) is 14.0 Å². The van der Waals surface area contributed by atoms with E-state index in [-0.39, 0.29) is 11.9 Å². The van der Waals surface area contributed by atoms with Crippen LogP contribution in [0.2, 0.25) is 0 Å². The zero-order valence-corrected chi connectivity index (χ0v) is 16.1. The molecule has 1 N–H and O–H groups in total. The van der Waals surface area contributed by atoms with E-state index < -0.39 is 6.10 Å². The molecule has 6 nitrogen and oxygen atoms in total. The standard InChI is InChI=1S/C22H23FN2O4/c1-15-9-18(24-29-15)14-27-19-7-5-16(6-8-19)11-25-12-21(26)22(13-25)28-20-4-2-3-17(23)10-20/h2-10,21-22,26H,11-14H2,1H3/t21-,22-/m1/s1. The number of aromatic nitrogens is 1. The summed E-state index contributed by atoms with van der Waals surface area (Å²) in [6.45, 7) is 3.95. The fraction of sp³-hybridized carbons (Fsp3) is 0.318. The molecule has 4 rings (SSSR count). The first kappa shape index (κ1) is 19.4. The van der Waals surface area contributed by atoms with Gasteiger partial charge < -0.3 is 19.1 Å². The largest absolute Gasteiger partial charge is 0.487 e. The Morgan fingerprint density at radius 2 is 1.97 bits per heavy atom. The lowest BCUT2D eigenvalue weighted by Gasteiger charge is -2.17. The zero-order valence-electron chi connectivity index (χ0n) is 16.1. The summed E-state index contributed by atoms with van der Waals surface area (Å²) in [7, 11) is 0. The Kier molecular flexibility index (Phi) is 5.78. The normalized spacial score (nSPS) is 19.4. The Morgan fingerprint density at radius 1 is 1.14 bits per heavy atom. The summed E-state index contributed by atoms with van der Waals surface area (Å²) < 4.78 is 29.8. The second kappa shape index (κ2) is 8.63. The van der Waals surface area contributed by atoms with Crippen molar-refractivity contribution in [2.24, 2.45) is 0 Å².